The van der Waals surface area contributed by atoms with Crippen LogP contribution in [0.2, 0.25) is 0 Å². The highest BCUT2D eigenvalue weighted by atomic mass is 16.5. The fraction of sp³-hybridized carbons (Fsp3) is 0.500. The summed E-state index contributed by atoms with van der Waals surface area (Å²) in [5, 5.41) is 2.89. The lowest BCUT2D eigenvalue weighted by Gasteiger charge is -2.31. The highest BCUT2D eigenvalue weighted by molar-refractivity contribution is 6.01. The van der Waals surface area contributed by atoms with Crippen LogP contribution < -0.4 is 10.1 Å². The van der Waals surface area contributed by atoms with Crippen molar-refractivity contribution in [1.29, 1.82) is 0 Å². The van der Waals surface area contributed by atoms with E-state index < -0.39 is 6.04 Å². The van der Waals surface area contributed by atoms with Crippen LogP contribution in [0, 0.1) is 12.8 Å². The molecule has 6 heteroatoms. The quantitative estimate of drug-likeness (QED) is 0.915. The van der Waals surface area contributed by atoms with Gasteiger partial charge in [0.2, 0.25) is 11.8 Å². The summed E-state index contributed by atoms with van der Waals surface area (Å²) in [4.78, 5) is 37.9. The molecule has 2 aliphatic rings. The molecule has 6 nitrogen and oxygen atoms in total. The van der Waals surface area contributed by atoms with E-state index in [-0.39, 0.29) is 23.5 Å². The van der Waals surface area contributed by atoms with Crippen molar-refractivity contribution in [3.8, 4) is 5.75 Å². The minimum Gasteiger partial charge on any atom is -0.495 e. The van der Waals surface area contributed by atoms with Gasteiger partial charge >= 0.3 is 0 Å². The van der Waals surface area contributed by atoms with E-state index in [4.69, 9.17) is 4.74 Å². The minimum absolute atomic E-state index is 0.0662. The van der Waals surface area contributed by atoms with E-state index in [0.29, 0.717) is 37.2 Å². The largest absolute Gasteiger partial charge is 0.495 e. The lowest BCUT2D eigenvalue weighted by molar-refractivity contribution is -0.147. The molecule has 2 fully saturated rings. The third-order valence-corrected chi connectivity index (χ3v) is 4.75. The number of nitrogens with one attached hydrogen (secondary N) is 1. The first-order valence-corrected chi connectivity index (χ1v) is 8.27. The first-order valence-electron chi connectivity index (χ1n) is 8.27. The Morgan fingerprint density at radius 3 is 2.71 bits per heavy atom. The SMILES string of the molecule is COc1ccc(C)cc1NC(=O)C1CCCN1C(=O)C1CC(=O)C1. The number of carbonyl (C=O) groups is 3. The molecule has 1 unspecified atom stereocenters. The molecular formula is C18H22N2O4. The van der Waals surface area contributed by atoms with Gasteiger partial charge in [-0.1, -0.05) is 6.07 Å². The molecule has 2 amide bonds. The molecule has 1 aliphatic heterocycles. The lowest BCUT2D eigenvalue weighted by Crippen LogP contribution is -2.48. The maximum Gasteiger partial charge on any atom is 0.247 e. The molecule has 1 N–H and O–H groups in total. The van der Waals surface area contributed by atoms with E-state index in [1.807, 2.05) is 25.1 Å². The Bertz CT molecular complexity index is 678. The molecule has 1 heterocycles. The Balaban J connectivity index is 1.71. The van der Waals surface area contributed by atoms with Crippen LogP contribution in [0.3, 0.4) is 0 Å². The van der Waals surface area contributed by atoms with Gasteiger partial charge in [0.25, 0.3) is 0 Å². The predicted molar refractivity (Wildman–Crippen MR) is 88.8 cm³/mol. The summed E-state index contributed by atoms with van der Waals surface area (Å²) < 4.78 is 5.28. The number of carbonyl (C=O) groups excluding carboxylic acids is 3. The van der Waals surface area contributed by atoms with Gasteiger partial charge in [-0.25, -0.2) is 0 Å². The third kappa shape index (κ3) is 3.13. The van der Waals surface area contributed by atoms with Crippen LogP contribution in [0.1, 0.15) is 31.2 Å². The van der Waals surface area contributed by atoms with Gasteiger partial charge < -0.3 is 15.0 Å². The number of rotatable bonds is 4. The van der Waals surface area contributed by atoms with Crippen molar-refractivity contribution < 1.29 is 19.1 Å². The van der Waals surface area contributed by atoms with Gasteiger partial charge in [0, 0.05) is 19.4 Å². The molecule has 1 saturated carbocycles. The van der Waals surface area contributed by atoms with Crippen molar-refractivity contribution in [2.75, 3.05) is 19.0 Å². The fourth-order valence-corrected chi connectivity index (χ4v) is 3.34. The maximum atomic E-state index is 12.7. The second-order valence-corrected chi connectivity index (χ2v) is 6.53. The number of ether oxygens (including phenoxy) is 1. The zero-order valence-corrected chi connectivity index (χ0v) is 14.0. The van der Waals surface area contributed by atoms with Crippen LogP contribution >= 0.6 is 0 Å². The molecule has 1 saturated heterocycles. The van der Waals surface area contributed by atoms with Gasteiger partial charge in [-0.05, 0) is 37.5 Å². The van der Waals surface area contributed by atoms with Crippen molar-refractivity contribution in [3.05, 3.63) is 23.8 Å². The van der Waals surface area contributed by atoms with Gasteiger partial charge in [0.05, 0.1) is 18.7 Å². The number of anilines is 1. The highest BCUT2D eigenvalue weighted by Crippen LogP contribution is 2.30. The number of ketones is 1. The minimum atomic E-state index is -0.474. The monoisotopic (exact) mass is 330 g/mol. The summed E-state index contributed by atoms with van der Waals surface area (Å²) in [5.41, 5.74) is 1.62. The van der Waals surface area contributed by atoms with E-state index >= 15 is 0 Å². The Morgan fingerprint density at radius 1 is 1.29 bits per heavy atom. The van der Waals surface area contributed by atoms with E-state index in [1.165, 1.54) is 0 Å². The Kier molecular flexibility index (Phi) is 4.55. The first-order chi connectivity index (χ1) is 11.5. The van der Waals surface area contributed by atoms with E-state index in [9.17, 15) is 14.4 Å². The van der Waals surface area contributed by atoms with Crippen molar-refractivity contribution in [2.24, 2.45) is 5.92 Å². The number of benzene rings is 1. The fourth-order valence-electron chi connectivity index (χ4n) is 3.34. The van der Waals surface area contributed by atoms with Crippen LogP contribution in [0.15, 0.2) is 18.2 Å². The van der Waals surface area contributed by atoms with Crippen LogP contribution in [-0.2, 0) is 14.4 Å². The Morgan fingerprint density at radius 2 is 2.04 bits per heavy atom. The number of hydrogen-bond acceptors (Lipinski definition) is 4. The van der Waals surface area contributed by atoms with Crippen molar-refractivity contribution in [3.63, 3.8) is 0 Å². The number of likely N-dealkylation sites (tertiary alicyclic amines) is 1. The van der Waals surface area contributed by atoms with Gasteiger partial charge in [-0.2, -0.15) is 0 Å². The smallest absolute Gasteiger partial charge is 0.247 e. The Labute approximate surface area is 141 Å². The molecule has 3 rings (SSSR count). The third-order valence-electron chi connectivity index (χ3n) is 4.75. The number of aryl methyl sites for hydroxylation is 1. The van der Waals surface area contributed by atoms with Gasteiger partial charge in [-0.3, -0.25) is 14.4 Å². The lowest BCUT2D eigenvalue weighted by atomic mass is 9.83. The predicted octanol–water partition coefficient (Wildman–Crippen LogP) is 1.91. The van der Waals surface area contributed by atoms with Gasteiger partial charge in [0.1, 0.15) is 17.6 Å². The summed E-state index contributed by atoms with van der Waals surface area (Å²) in [6.45, 7) is 2.51. The van der Waals surface area contributed by atoms with Crippen molar-refractivity contribution in [1.82, 2.24) is 4.90 Å². The molecule has 0 aromatic heterocycles. The van der Waals surface area contributed by atoms with Gasteiger partial charge in [0.15, 0.2) is 0 Å². The molecule has 0 radical (unpaired) electrons. The second kappa shape index (κ2) is 6.63. The average Bonchev–Trinajstić information content (AvgIpc) is 3.01. The second-order valence-electron chi connectivity index (χ2n) is 6.53. The van der Waals surface area contributed by atoms with Crippen LogP contribution in [0.25, 0.3) is 0 Å². The zero-order chi connectivity index (χ0) is 17.3. The number of Topliss-reactive ketones (excluding diaryl/α,β-unsaturated/α-hetero) is 1. The molecule has 1 aromatic rings. The molecule has 128 valence electrons. The van der Waals surface area contributed by atoms with Crippen molar-refractivity contribution >= 4 is 23.3 Å². The Hall–Kier alpha value is -2.37. The van der Waals surface area contributed by atoms with E-state index in [0.717, 1.165) is 12.0 Å². The number of methoxy groups -OCH3 is 1. The van der Waals surface area contributed by atoms with Crippen molar-refractivity contribution in [2.45, 2.75) is 38.6 Å². The summed E-state index contributed by atoms with van der Waals surface area (Å²) in [6, 6.07) is 5.09. The maximum absolute atomic E-state index is 12.7. The molecule has 1 atom stereocenters. The van der Waals surface area contributed by atoms with Crippen LogP contribution in [0.5, 0.6) is 5.75 Å². The molecule has 1 aromatic carbocycles. The zero-order valence-electron chi connectivity index (χ0n) is 14.0. The molecule has 24 heavy (non-hydrogen) atoms. The van der Waals surface area contributed by atoms with E-state index in [1.54, 1.807) is 12.0 Å². The molecule has 0 spiro atoms. The van der Waals surface area contributed by atoms with Gasteiger partial charge in [-0.15, -0.1) is 0 Å². The van der Waals surface area contributed by atoms with E-state index in [2.05, 4.69) is 5.32 Å². The molecular weight excluding hydrogens is 308 g/mol. The summed E-state index contributed by atoms with van der Waals surface area (Å²) in [6.07, 6.45) is 2.08. The highest BCUT2D eigenvalue weighted by Gasteiger charge is 2.41. The topological polar surface area (TPSA) is 75.7 Å². The van der Waals surface area contributed by atoms with Crippen LogP contribution in [0.4, 0.5) is 5.69 Å². The number of amides is 2. The normalized spacial score (nSPS) is 20.7. The average molecular weight is 330 g/mol. The summed E-state index contributed by atoms with van der Waals surface area (Å²) in [5.74, 6) is 0.214. The molecule has 1 aliphatic carbocycles. The first kappa shape index (κ1) is 16.5. The van der Waals surface area contributed by atoms with Crippen LogP contribution in [-0.4, -0.2) is 42.2 Å². The number of nitrogens with zero attached hydrogens (tertiary/aromatic N) is 1. The standard InChI is InChI=1S/C18H22N2O4/c1-11-5-6-16(24-2)14(8-11)19-17(22)15-4-3-7-20(15)18(23)12-9-13(21)10-12/h5-6,8,12,15H,3-4,7,9-10H2,1-2H3,(H,19,22). The molecule has 0 bridgehead atoms. The number of hydrogen-bond donors (Lipinski definition) is 1. The summed E-state index contributed by atoms with van der Waals surface area (Å²) in [7, 11) is 1.55. The summed E-state index contributed by atoms with van der Waals surface area (Å²) >= 11 is 0.